The maximum absolute atomic E-state index is 10.0. The zero-order valence-electron chi connectivity index (χ0n) is 15.9. The number of ether oxygens (including phenoxy) is 1. The van der Waals surface area contributed by atoms with Crippen LogP contribution in [0.15, 0.2) is 29.3 Å². The molecule has 1 saturated heterocycles. The van der Waals surface area contributed by atoms with Crippen molar-refractivity contribution in [1.82, 2.24) is 10.2 Å². The molecule has 26 heavy (non-hydrogen) atoms. The van der Waals surface area contributed by atoms with Crippen molar-refractivity contribution in [3.05, 3.63) is 29.8 Å². The minimum Gasteiger partial charge on any atom is -0.497 e. The number of hydrogen-bond donors (Lipinski definition) is 2. The molecule has 3 atom stereocenters. The van der Waals surface area contributed by atoms with Crippen molar-refractivity contribution < 1.29 is 9.84 Å². The molecule has 1 aromatic carbocycles. The second-order valence-electron chi connectivity index (χ2n) is 7.16. The number of likely N-dealkylation sites (tertiary alicyclic amines) is 1. The molecule has 6 heteroatoms. The number of benzene rings is 1. The van der Waals surface area contributed by atoms with Gasteiger partial charge >= 0.3 is 0 Å². The van der Waals surface area contributed by atoms with Crippen LogP contribution in [-0.2, 0) is 0 Å². The smallest absolute Gasteiger partial charge is 0.193 e. The third-order valence-corrected chi connectivity index (χ3v) is 5.50. The molecule has 0 radical (unpaired) electrons. The molecule has 1 aliphatic heterocycles. The average Bonchev–Trinajstić information content (AvgIpc) is 3.28. The van der Waals surface area contributed by atoms with Gasteiger partial charge in [0.05, 0.1) is 13.2 Å². The molecule has 0 amide bonds. The molecule has 3 rings (SSSR count). The van der Waals surface area contributed by atoms with E-state index in [-0.39, 0.29) is 30.1 Å². The van der Waals surface area contributed by atoms with Crippen molar-refractivity contribution in [1.29, 1.82) is 0 Å². The molecule has 3 unspecified atom stereocenters. The van der Waals surface area contributed by atoms with Crippen molar-refractivity contribution in [2.75, 3.05) is 33.3 Å². The number of methoxy groups -OCH3 is 1. The highest BCUT2D eigenvalue weighted by Gasteiger charge is 2.28. The first-order valence-electron chi connectivity index (χ1n) is 9.56. The molecule has 1 heterocycles. The monoisotopic (exact) mass is 473 g/mol. The maximum atomic E-state index is 10.0. The van der Waals surface area contributed by atoms with Gasteiger partial charge in [-0.05, 0) is 43.9 Å². The van der Waals surface area contributed by atoms with Crippen LogP contribution in [-0.4, -0.2) is 55.4 Å². The van der Waals surface area contributed by atoms with E-state index in [0.717, 1.165) is 63.6 Å². The Morgan fingerprint density at radius 1 is 1.27 bits per heavy atom. The Morgan fingerprint density at radius 2 is 2.04 bits per heavy atom. The van der Waals surface area contributed by atoms with Crippen LogP contribution in [0.1, 0.15) is 44.1 Å². The van der Waals surface area contributed by atoms with E-state index in [4.69, 9.17) is 9.73 Å². The van der Waals surface area contributed by atoms with E-state index >= 15 is 0 Å². The lowest BCUT2D eigenvalue weighted by atomic mass is 9.98. The molecule has 2 aliphatic rings. The van der Waals surface area contributed by atoms with Crippen LogP contribution in [0, 0.1) is 5.92 Å². The fraction of sp³-hybridized carbons (Fsp3) is 0.650. The van der Waals surface area contributed by atoms with Gasteiger partial charge in [0.2, 0.25) is 0 Å². The fourth-order valence-corrected chi connectivity index (χ4v) is 3.96. The lowest BCUT2D eigenvalue weighted by molar-refractivity contribution is 0.136. The molecule has 1 aliphatic carbocycles. The molecule has 2 fully saturated rings. The summed E-state index contributed by atoms with van der Waals surface area (Å²) in [5.74, 6) is 2.77. The Bertz CT molecular complexity index is 579. The molecule has 0 aromatic heterocycles. The largest absolute Gasteiger partial charge is 0.497 e. The van der Waals surface area contributed by atoms with Gasteiger partial charge in [0.25, 0.3) is 0 Å². The molecule has 2 N–H and O–H groups in total. The quantitative estimate of drug-likeness (QED) is 0.392. The third-order valence-electron chi connectivity index (χ3n) is 5.50. The molecule has 0 bridgehead atoms. The van der Waals surface area contributed by atoms with Gasteiger partial charge in [-0.25, -0.2) is 0 Å². The highest BCUT2D eigenvalue weighted by atomic mass is 127. The van der Waals surface area contributed by atoms with Crippen LogP contribution in [0.5, 0.6) is 5.75 Å². The molecule has 1 aromatic rings. The average molecular weight is 473 g/mol. The highest BCUT2D eigenvalue weighted by molar-refractivity contribution is 14.0. The number of rotatable bonds is 5. The Kier molecular flexibility index (Phi) is 8.47. The van der Waals surface area contributed by atoms with Crippen molar-refractivity contribution in [3.8, 4) is 5.75 Å². The first kappa shape index (κ1) is 21.3. The lowest BCUT2D eigenvalue weighted by Gasteiger charge is -2.23. The SMILES string of the molecule is CCNC(=NCC1CCCC1O)N1CCC(c2ccc(OC)cc2)C1.I. The van der Waals surface area contributed by atoms with E-state index in [9.17, 15) is 5.11 Å². The van der Waals surface area contributed by atoms with Gasteiger partial charge in [0.15, 0.2) is 5.96 Å². The molecule has 0 spiro atoms. The van der Waals surface area contributed by atoms with Crippen LogP contribution in [0.2, 0.25) is 0 Å². The first-order valence-corrected chi connectivity index (χ1v) is 9.56. The van der Waals surface area contributed by atoms with Crippen molar-refractivity contribution >= 4 is 29.9 Å². The van der Waals surface area contributed by atoms with Crippen molar-refractivity contribution in [2.45, 2.75) is 44.6 Å². The van der Waals surface area contributed by atoms with Crippen molar-refractivity contribution in [2.24, 2.45) is 10.9 Å². The second kappa shape index (κ2) is 10.3. The van der Waals surface area contributed by atoms with Gasteiger partial charge in [0, 0.05) is 38.0 Å². The summed E-state index contributed by atoms with van der Waals surface area (Å²) in [5.41, 5.74) is 1.37. The summed E-state index contributed by atoms with van der Waals surface area (Å²) in [7, 11) is 1.70. The van der Waals surface area contributed by atoms with Crippen LogP contribution in [0.4, 0.5) is 0 Å². The minimum atomic E-state index is -0.169. The molecular formula is C20H32IN3O2. The van der Waals surface area contributed by atoms with Gasteiger partial charge in [-0.1, -0.05) is 18.6 Å². The number of nitrogens with one attached hydrogen (secondary N) is 1. The topological polar surface area (TPSA) is 57.1 Å². The van der Waals surface area contributed by atoms with Crippen LogP contribution >= 0.6 is 24.0 Å². The zero-order valence-corrected chi connectivity index (χ0v) is 18.2. The predicted octanol–water partition coefficient (Wildman–Crippen LogP) is 3.23. The van der Waals surface area contributed by atoms with E-state index in [1.165, 1.54) is 5.56 Å². The summed E-state index contributed by atoms with van der Waals surface area (Å²) in [6, 6.07) is 8.43. The first-order chi connectivity index (χ1) is 12.2. The van der Waals surface area contributed by atoms with E-state index < -0.39 is 0 Å². The summed E-state index contributed by atoms with van der Waals surface area (Å²) in [6.07, 6.45) is 4.12. The number of halogens is 1. The van der Waals surface area contributed by atoms with E-state index in [1.807, 2.05) is 12.1 Å². The Balaban J connectivity index is 0.00000243. The number of hydrogen-bond acceptors (Lipinski definition) is 3. The van der Waals surface area contributed by atoms with Crippen LogP contribution in [0.25, 0.3) is 0 Å². The molecule has 1 saturated carbocycles. The molecular weight excluding hydrogens is 441 g/mol. The van der Waals surface area contributed by atoms with Gasteiger partial charge in [0.1, 0.15) is 5.75 Å². The summed E-state index contributed by atoms with van der Waals surface area (Å²) < 4.78 is 5.25. The van der Waals surface area contributed by atoms with Crippen LogP contribution in [0.3, 0.4) is 0 Å². The Hall–Kier alpha value is -1.02. The zero-order chi connectivity index (χ0) is 17.6. The minimum absolute atomic E-state index is 0. The van der Waals surface area contributed by atoms with Gasteiger partial charge in [-0.15, -0.1) is 24.0 Å². The number of guanidine groups is 1. The number of nitrogens with zero attached hydrogens (tertiary/aromatic N) is 2. The normalized spacial score (nSPS) is 25.9. The third kappa shape index (κ3) is 5.25. The van der Waals surface area contributed by atoms with Crippen molar-refractivity contribution in [3.63, 3.8) is 0 Å². The maximum Gasteiger partial charge on any atom is 0.193 e. The van der Waals surface area contributed by atoms with E-state index in [0.29, 0.717) is 11.8 Å². The van der Waals surface area contributed by atoms with E-state index in [1.54, 1.807) is 7.11 Å². The predicted molar refractivity (Wildman–Crippen MR) is 117 cm³/mol. The van der Waals surface area contributed by atoms with E-state index in [2.05, 4.69) is 29.3 Å². The fourth-order valence-electron chi connectivity index (χ4n) is 3.96. The number of aliphatic imine (C=N–C) groups is 1. The molecule has 5 nitrogen and oxygen atoms in total. The summed E-state index contributed by atoms with van der Waals surface area (Å²) in [6.45, 7) is 5.72. The van der Waals surface area contributed by atoms with Gasteiger partial charge in [-0.3, -0.25) is 4.99 Å². The second-order valence-corrected chi connectivity index (χ2v) is 7.16. The molecule has 146 valence electrons. The highest BCUT2D eigenvalue weighted by Crippen LogP contribution is 2.29. The number of aliphatic hydroxyl groups is 1. The number of aliphatic hydroxyl groups excluding tert-OH is 1. The Labute approximate surface area is 174 Å². The lowest BCUT2D eigenvalue weighted by Crippen LogP contribution is -2.40. The summed E-state index contributed by atoms with van der Waals surface area (Å²) in [5, 5.41) is 13.4. The Morgan fingerprint density at radius 3 is 2.65 bits per heavy atom. The summed E-state index contributed by atoms with van der Waals surface area (Å²) in [4.78, 5) is 7.20. The van der Waals surface area contributed by atoms with Crippen LogP contribution < -0.4 is 10.1 Å². The van der Waals surface area contributed by atoms with Gasteiger partial charge < -0.3 is 20.1 Å². The standard InChI is InChI=1S/C20H31N3O2.HI/c1-3-21-20(22-13-16-5-4-6-19(16)24)23-12-11-17(14-23)15-7-9-18(25-2)10-8-15;/h7-10,16-17,19,24H,3-6,11-14H2,1-2H3,(H,21,22);1H. The summed E-state index contributed by atoms with van der Waals surface area (Å²) >= 11 is 0. The van der Waals surface area contributed by atoms with Gasteiger partial charge in [-0.2, -0.15) is 0 Å².